The summed E-state index contributed by atoms with van der Waals surface area (Å²) in [5.74, 6) is -2.09. The topological polar surface area (TPSA) is 186 Å². The van der Waals surface area contributed by atoms with Gasteiger partial charge in [0.25, 0.3) is 10.1 Å². The molecule has 1 aliphatic rings. The monoisotopic (exact) mass is 869 g/mol. The standard InChI is InChI=1S/C47H80O12S/c1-3-5-7-9-11-13-15-17-19-20-22-24-26-28-30-32-34-36-43(49)58-40(38-57-47-46(52)45(51)44(50)41(59-47)39-60(53,54)55)37-56-42(48)35-33-31-29-27-25-23-21-18-16-14-12-10-8-6-4-2/h7,9,13,15,19-20,24,26,29,31,40-41,44-47,50-52H,3-6,8,10-12,14,16-18,21-23,25,27-28,30,32-39H2,1-2H3,(H,53,54,55)/b9-7+,15-13+,20-19+,26-24+,31-29+/t40-,41-,44-,45?,46?,47+/m1/s1. The highest BCUT2D eigenvalue weighted by Crippen LogP contribution is 2.24. The van der Waals surface area contributed by atoms with Crippen LogP contribution in [0.15, 0.2) is 60.8 Å². The van der Waals surface area contributed by atoms with Gasteiger partial charge in [0, 0.05) is 12.8 Å². The fraction of sp³-hybridized carbons (Fsp3) is 0.745. The molecule has 12 nitrogen and oxygen atoms in total. The third-order valence-corrected chi connectivity index (χ3v) is 10.8. The van der Waals surface area contributed by atoms with E-state index in [2.05, 4.69) is 68.5 Å². The molecule has 1 heterocycles. The van der Waals surface area contributed by atoms with Crippen molar-refractivity contribution in [3.05, 3.63) is 60.8 Å². The van der Waals surface area contributed by atoms with E-state index >= 15 is 0 Å². The predicted octanol–water partition coefficient (Wildman–Crippen LogP) is 9.34. The minimum Gasteiger partial charge on any atom is -0.462 e. The molecule has 0 saturated carbocycles. The number of aliphatic hydroxyl groups is 3. The highest BCUT2D eigenvalue weighted by molar-refractivity contribution is 7.85. The lowest BCUT2D eigenvalue weighted by molar-refractivity contribution is -0.297. The van der Waals surface area contributed by atoms with E-state index in [1.807, 2.05) is 6.08 Å². The van der Waals surface area contributed by atoms with Gasteiger partial charge in [0.15, 0.2) is 12.4 Å². The Balaban J connectivity index is 2.50. The zero-order valence-electron chi connectivity index (χ0n) is 36.8. The second-order valence-corrected chi connectivity index (χ2v) is 17.2. The van der Waals surface area contributed by atoms with Crippen LogP contribution >= 0.6 is 0 Å². The van der Waals surface area contributed by atoms with Crippen molar-refractivity contribution in [3.8, 4) is 0 Å². The molecule has 0 bridgehead atoms. The summed E-state index contributed by atoms with van der Waals surface area (Å²) in [6.07, 6.45) is 35.6. The zero-order valence-corrected chi connectivity index (χ0v) is 37.6. The Morgan fingerprint density at radius 2 is 1.07 bits per heavy atom. The number of esters is 2. The molecule has 0 aromatic heterocycles. The smallest absolute Gasteiger partial charge is 0.306 e. The lowest BCUT2D eigenvalue weighted by Crippen LogP contribution is -2.60. The molecule has 0 radical (unpaired) electrons. The van der Waals surface area contributed by atoms with Gasteiger partial charge < -0.3 is 34.3 Å². The molecule has 1 saturated heterocycles. The summed E-state index contributed by atoms with van der Waals surface area (Å²) in [6.45, 7) is 3.63. The lowest BCUT2D eigenvalue weighted by Gasteiger charge is -2.40. The number of rotatable bonds is 37. The Morgan fingerprint density at radius 1 is 0.567 bits per heavy atom. The summed E-state index contributed by atoms with van der Waals surface area (Å²) < 4.78 is 54.0. The summed E-state index contributed by atoms with van der Waals surface area (Å²) in [4.78, 5) is 25.4. The Hall–Kier alpha value is -2.65. The number of carbonyl (C=O) groups excluding carboxylic acids is 2. The molecule has 1 fully saturated rings. The average molecular weight is 869 g/mol. The van der Waals surface area contributed by atoms with Gasteiger partial charge in [-0.25, -0.2) is 0 Å². The van der Waals surface area contributed by atoms with Gasteiger partial charge in [-0.2, -0.15) is 8.42 Å². The van der Waals surface area contributed by atoms with Crippen molar-refractivity contribution in [2.75, 3.05) is 19.0 Å². The van der Waals surface area contributed by atoms with Gasteiger partial charge in [-0.1, -0.05) is 152 Å². The van der Waals surface area contributed by atoms with E-state index in [-0.39, 0.29) is 19.4 Å². The van der Waals surface area contributed by atoms with Crippen LogP contribution in [0.25, 0.3) is 0 Å². The van der Waals surface area contributed by atoms with Crippen LogP contribution in [0, 0.1) is 0 Å². The predicted molar refractivity (Wildman–Crippen MR) is 238 cm³/mol. The lowest BCUT2D eigenvalue weighted by atomic mass is 10.00. The molecule has 4 N–H and O–H groups in total. The normalized spacial score (nSPS) is 20.7. The van der Waals surface area contributed by atoms with Crippen molar-refractivity contribution in [1.29, 1.82) is 0 Å². The number of hydrogen-bond donors (Lipinski definition) is 4. The minimum atomic E-state index is -4.61. The van der Waals surface area contributed by atoms with Crippen LogP contribution in [0.4, 0.5) is 0 Å². The first-order valence-electron chi connectivity index (χ1n) is 22.8. The van der Waals surface area contributed by atoms with Gasteiger partial charge in [-0.15, -0.1) is 0 Å². The van der Waals surface area contributed by atoms with E-state index in [0.717, 1.165) is 57.8 Å². The van der Waals surface area contributed by atoms with E-state index < -0.39 is 71.2 Å². The highest BCUT2D eigenvalue weighted by Gasteiger charge is 2.46. The van der Waals surface area contributed by atoms with Crippen LogP contribution in [0.2, 0.25) is 0 Å². The quantitative estimate of drug-likeness (QED) is 0.0201. The Bertz CT molecular complexity index is 1340. The maximum Gasteiger partial charge on any atom is 0.306 e. The molecular formula is C47H80O12S. The molecule has 0 amide bonds. The summed E-state index contributed by atoms with van der Waals surface area (Å²) >= 11 is 0. The fourth-order valence-corrected chi connectivity index (χ4v) is 7.20. The average Bonchev–Trinajstić information content (AvgIpc) is 3.21. The number of carbonyl (C=O) groups is 2. The Morgan fingerprint density at radius 3 is 1.63 bits per heavy atom. The second-order valence-electron chi connectivity index (χ2n) is 15.7. The van der Waals surface area contributed by atoms with E-state index in [0.29, 0.717) is 12.8 Å². The van der Waals surface area contributed by atoms with Gasteiger partial charge in [0.05, 0.1) is 6.61 Å². The first-order chi connectivity index (χ1) is 29.0. The van der Waals surface area contributed by atoms with Gasteiger partial charge in [-0.05, 0) is 64.2 Å². The van der Waals surface area contributed by atoms with Crippen LogP contribution < -0.4 is 0 Å². The van der Waals surface area contributed by atoms with Crippen molar-refractivity contribution in [1.82, 2.24) is 0 Å². The van der Waals surface area contributed by atoms with E-state index in [1.165, 1.54) is 70.6 Å². The van der Waals surface area contributed by atoms with Gasteiger partial charge in [0.2, 0.25) is 0 Å². The van der Waals surface area contributed by atoms with Crippen LogP contribution in [-0.4, -0.2) is 96.0 Å². The molecule has 60 heavy (non-hydrogen) atoms. The summed E-state index contributed by atoms with van der Waals surface area (Å²) in [5, 5.41) is 30.9. The number of ether oxygens (including phenoxy) is 4. The maximum atomic E-state index is 12.8. The zero-order chi connectivity index (χ0) is 44.1. The van der Waals surface area contributed by atoms with Crippen molar-refractivity contribution in [3.63, 3.8) is 0 Å². The number of hydrogen-bond acceptors (Lipinski definition) is 11. The summed E-state index contributed by atoms with van der Waals surface area (Å²) in [6, 6.07) is 0. The third-order valence-electron chi connectivity index (χ3n) is 10.1. The number of unbranched alkanes of at least 4 members (excludes halogenated alkanes) is 15. The van der Waals surface area contributed by atoms with E-state index in [1.54, 1.807) is 0 Å². The SMILES string of the molecule is CCC/C=C/C/C=C/C/C=C/C/C=C/CCCCCC(=O)O[C@H](COC(=O)CC/C=C/CCCCCCCCCCCCC)CO[C@H]1O[C@H](CS(=O)(=O)O)[C@@H](O)C(O)C1O. The molecule has 13 heteroatoms. The minimum absolute atomic E-state index is 0.118. The van der Waals surface area contributed by atoms with Crippen molar-refractivity contribution in [2.24, 2.45) is 0 Å². The molecule has 346 valence electrons. The number of aliphatic hydroxyl groups excluding tert-OH is 3. The molecule has 1 rings (SSSR count). The largest absolute Gasteiger partial charge is 0.462 e. The molecular weight excluding hydrogens is 789 g/mol. The first-order valence-corrected chi connectivity index (χ1v) is 24.5. The van der Waals surface area contributed by atoms with Gasteiger partial charge in [0.1, 0.15) is 36.8 Å². The summed E-state index contributed by atoms with van der Waals surface area (Å²) in [7, 11) is -4.61. The van der Waals surface area contributed by atoms with E-state index in [9.17, 15) is 37.9 Å². The molecule has 0 aromatic carbocycles. The van der Waals surface area contributed by atoms with Crippen molar-refractivity contribution >= 4 is 22.1 Å². The Kier molecular flexibility index (Phi) is 34.1. The van der Waals surface area contributed by atoms with Crippen molar-refractivity contribution in [2.45, 2.75) is 205 Å². The van der Waals surface area contributed by atoms with Crippen LogP contribution in [0.3, 0.4) is 0 Å². The second kappa shape index (κ2) is 37.0. The molecule has 0 aliphatic carbocycles. The van der Waals surface area contributed by atoms with Crippen LogP contribution in [-0.2, 0) is 38.7 Å². The first kappa shape index (κ1) is 55.4. The molecule has 0 spiro atoms. The van der Waals surface area contributed by atoms with Gasteiger partial charge in [-0.3, -0.25) is 14.1 Å². The molecule has 0 aromatic rings. The maximum absolute atomic E-state index is 12.8. The third kappa shape index (κ3) is 31.2. The van der Waals surface area contributed by atoms with Crippen molar-refractivity contribution < 1.29 is 56.8 Å². The molecule has 1 aliphatic heterocycles. The van der Waals surface area contributed by atoms with Gasteiger partial charge >= 0.3 is 11.9 Å². The van der Waals surface area contributed by atoms with Crippen LogP contribution in [0.5, 0.6) is 0 Å². The van der Waals surface area contributed by atoms with Crippen LogP contribution in [0.1, 0.15) is 168 Å². The van der Waals surface area contributed by atoms with E-state index in [4.69, 9.17) is 18.9 Å². The fourth-order valence-electron chi connectivity index (χ4n) is 6.51. The molecule has 6 atom stereocenters. The Labute approximate surface area is 362 Å². The number of allylic oxidation sites excluding steroid dienone is 10. The summed E-state index contributed by atoms with van der Waals surface area (Å²) in [5.41, 5.74) is 0. The highest BCUT2D eigenvalue weighted by atomic mass is 32.2. The molecule has 2 unspecified atom stereocenters.